The van der Waals surface area contributed by atoms with Gasteiger partial charge in [0.05, 0.1) is 5.97 Å². The van der Waals surface area contributed by atoms with Crippen molar-refractivity contribution in [3.05, 3.63) is 64.4 Å². The standard InChI is InChI=1S/C14H11ClFNO4S/c15-11-3-1-2-9(6-11)8-17-22(20,21)13-7-10(14(18)19)4-5-12(13)16/h1-7,17H,8H2,(H,18,19)/p-1. The molecule has 2 rings (SSSR count). The van der Waals surface area contributed by atoms with E-state index in [2.05, 4.69) is 4.72 Å². The predicted molar refractivity (Wildman–Crippen MR) is 76.2 cm³/mol. The molecule has 0 unspecified atom stereocenters. The predicted octanol–water partition coefficient (Wildman–Crippen LogP) is 1.32. The van der Waals surface area contributed by atoms with Gasteiger partial charge >= 0.3 is 0 Å². The van der Waals surface area contributed by atoms with E-state index in [9.17, 15) is 22.7 Å². The average molecular weight is 343 g/mol. The topological polar surface area (TPSA) is 86.3 Å². The fourth-order valence-corrected chi connectivity index (χ4v) is 3.07. The maximum atomic E-state index is 13.7. The molecule has 2 aromatic rings. The molecule has 0 aromatic heterocycles. The second-order valence-corrected chi connectivity index (χ2v) is 6.56. The summed E-state index contributed by atoms with van der Waals surface area (Å²) in [6.45, 7) is -0.113. The van der Waals surface area contributed by atoms with Gasteiger partial charge in [-0.3, -0.25) is 0 Å². The van der Waals surface area contributed by atoms with Gasteiger partial charge in [-0.25, -0.2) is 17.5 Å². The monoisotopic (exact) mass is 342 g/mol. The highest BCUT2D eigenvalue weighted by atomic mass is 35.5. The summed E-state index contributed by atoms with van der Waals surface area (Å²) in [5, 5.41) is 11.2. The third-order valence-corrected chi connectivity index (χ3v) is 4.46. The van der Waals surface area contributed by atoms with Gasteiger partial charge in [0, 0.05) is 11.6 Å². The molecular weight excluding hydrogens is 333 g/mol. The number of carbonyl (C=O) groups is 1. The second kappa shape index (κ2) is 6.43. The maximum Gasteiger partial charge on any atom is 0.243 e. The van der Waals surface area contributed by atoms with E-state index in [0.717, 1.165) is 12.1 Å². The summed E-state index contributed by atoms with van der Waals surface area (Å²) in [6.07, 6.45) is 0. The molecule has 116 valence electrons. The van der Waals surface area contributed by atoms with E-state index in [0.29, 0.717) is 16.7 Å². The first-order chi connectivity index (χ1) is 10.3. The van der Waals surface area contributed by atoms with Crippen LogP contribution in [0.2, 0.25) is 5.02 Å². The molecule has 8 heteroatoms. The first-order valence-electron chi connectivity index (χ1n) is 6.04. The Morgan fingerprint density at radius 3 is 2.59 bits per heavy atom. The zero-order valence-electron chi connectivity index (χ0n) is 11.0. The maximum absolute atomic E-state index is 13.7. The number of carboxylic acids is 1. The van der Waals surface area contributed by atoms with Crippen LogP contribution in [0.5, 0.6) is 0 Å². The fraction of sp³-hybridized carbons (Fsp3) is 0.0714. The molecule has 0 radical (unpaired) electrons. The Bertz CT molecular complexity index is 823. The summed E-state index contributed by atoms with van der Waals surface area (Å²) >= 11 is 5.78. The minimum absolute atomic E-state index is 0.113. The number of halogens is 2. The van der Waals surface area contributed by atoms with Crippen LogP contribution in [0.15, 0.2) is 47.4 Å². The molecule has 0 aliphatic heterocycles. The van der Waals surface area contributed by atoms with E-state index in [1.54, 1.807) is 24.3 Å². The van der Waals surface area contributed by atoms with Crippen molar-refractivity contribution in [1.82, 2.24) is 4.72 Å². The Balaban J connectivity index is 2.27. The van der Waals surface area contributed by atoms with Crippen LogP contribution in [0, 0.1) is 5.82 Å². The molecular formula is C14H10ClFNO4S-. The largest absolute Gasteiger partial charge is 0.545 e. The molecule has 0 heterocycles. The molecule has 0 spiro atoms. The number of nitrogens with one attached hydrogen (secondary N) is 1. The van der Waals surface area contributed by atoms with E-state index >= 15 is 0 Å². The zero-order chi connectivity index (χ0) is 16.3. The fourth-order valence-electron chi connectivity index (χ4n) is 1.74. The van der Waals surface area contributed by atoms with Gasteiger partial charge in [-0.15, -0.1) is 0 Å². The van der Waals surface area contributed by atoms with Gasteiger partial charge in [0.25, 0.3) is 0 Å². The van der Waals surface area contributed by atoms with Crippen LogP contribution < -0.4 is 9.83 Å². The second-order valence-electron chi connectivity index (χ2n) is 4.39. The molecule has 0 aliphatic carbocycles. The smallest absolute Gasteiger partial charge is 0.243 e. The Morgan fingerprint density at radius 2 is 1.95 bits per heavy atom. The van der Waals surface area contributed by atoms with Crippen LogP contribution in [0.1, 0.15) is 15.9 Å². The third kappa shape index (κ3) is 3.82. The number of benzene rings is 2. The lowest BCUT2D eigenvalue weighted by atomic mass is 10.2. The Labute approximate surface area is 131 Å². The highest BCUT2D eigenvalue weighted by molar-refractivity contribution is 7.89. The summed E-state index contributed by atoms with van der Waals surface area (Å²) in [7, 11) is -4.22. The molecule has 5 nitrogen and oxygen atoms in total. The Morgan fingerprint density at radius 1 is 1.23 bits per heavy atom. The summed E-state index contributed by atoms with van der Waals surface area (Å²) in [5.74, 6) is -2.64. The minimum atomic E-state index is -4.22. The van der Waals surface area contributed by atoms with Crippen molar-refractivity contribution < 1.29 is 22.7 Å². The van der Waals surface area contributed by atoms with Crippen LogP contribution >= 0.6 is 11.6 Å². The van der Waals surface area contributed by atoms with Crippen molar-refractivity contribution in [3.8, 4) is 0 Å². The number of hydrogen-bond acceptors (Lipinski definition) is 4. The van der Waals surface area contributed by atoms with E-state index in [1.165, 1.54) is 0 Å². The summed E-state index contributed by atoms with van der Waals surface area (Å²) < 4.78 is 40.0. The summed E-state index contributed by atoms with van der Waals surface area (Å²) in [5.41, 5.74) is 0.150. The highest BCUT2D eigenvalue weighted by Crippen LogP contribution is 2.17. The van der Waals surface area contributed by atoms with E-state index < -0.39 is 32.3 Å². The van der Waals surface area contributed by atoms with Crippen LogP contribution in [0.3, 0.4) is 0 Å². The van der Waals surface area contributed by atoms with E-state index in [4.69, 9.17) is 11.6 Å². The van der Waals surface area contributed by atoms with Crippen molar-refractivity contribution in [2.75, 3.05) is 0 Å². The molecule has 1 N–H and O–H groups in total. The normalized spacial score (nSPS) is 11.4. The van der Waals surface area contributed by atoms with Crippen LogP contribution in [0.4, 0.5) is 4.39 Å². The van der Waals surface area contributed by atoms with Gasteiger partial charge in [0.15, 0.2) is 0 Å². The van der Waals surface area contributed by atoms with Gasteiger partial charge in [0.1, 0.15) is 10.7 Å². The highest BCUT2D eigenvalue weighted by Gasteiger charge is 2.19. The number of rotatable bonds is 5. The third-order valence-electron chi connectivity index (χ3n) is 2.81. The lowest BCUT2D eigenvalue weighted by Crippen LogP contribution is -2.26. The van der Waals surface area contributed by atoms with Gasteiger partial charge in [-0.05, 0) is 35.4 Å². The first-order valence-corrected chi connectivity index (χ1v) is 7.91. The first kappa shape index (κ1) is 16.4. The molecule has 0 amide bonds. The van der Waals surface area contributed by atoms with Crippen molar-refractivity contribution in [2.45, 2.75) is 11.4 Å². The van der Waals surface area contributed by atoms with Crippen LogP contribution in [-0.2, 0) is 16.6 Å². The molecule has 0 atom stereocenters. The lowest BCUT2D eigenvalue weighted by Gasteiger charge is -2.10. The molecule has 0 saturated carbocycles. The SMILES string of the molecule is O=C([O-])c1ccc(F)c(S(=O)(=O)NCc2cccc(Cl)c2)c1. The molecule has 0 fully saturated rings. The molecule has 22 heavy (non-hydrogen) atoms. The van der Waals surface area contributed by atoms with Crippen molar-refractivity contribution in [3.63, 3.8) is 0 Å². The van der Waals surface area contributed by atoms with Gasteiger partial charge < -0.3 is 9.90 Å². The number of carbonyl (C=O) groups excluding carboxylic acids is 1. The molecule has 2 aromatic carbocycles. The van der Waals surface area contributed by atoms with Gasteiger partial charge in [0.2, 0.25) is 10.0 Å². The van der Waals surface area contributed by atoms with Crippen molar-refractivity contribution >= 4 is 27.6 Å². The Hall–Kier alpha value is -1.96. The summed E-state index contributed by atoms with van der Waals surface area (Å²) in [6, 6.07) is 8.87. The van der Waals surface area contributed by atoms with Crippen molar-refractivity contribution in [2.24, 2.45) is 0 Å². The lowest BCUT2D eigenvalue weighted by molar-refractivity contribution is -0.255. The van der Waals surface area contributed by atoms with Crippen molar-refractivity contribution in [1.29, 1.82) is 0 Å². The summed E-state index contributed by atoms with van der Waals surface area (Å²) in [4.78, 5) is 9.99. The number of hydrogen-bond donors (Lipinski definition) is 1. The van der Waals surface area contributed by atoms with Crippen LogP contribution in [-0.4, -0.2) is 14.4 Å². The minimum Gasteiger partial charge on any atom is -0.545 e. The van der Waals surface area contributed by atoms with Gasteiger partial charge in [-0.2, -0.15) is 0 Å². The van der Waals surface area contributed by atoms with E-state index in [-0.39, 0.29) is 6.54 Å². The molecule has 0 aliphatic rings. The number of sulfonamides is 1. The average Bonchev–Trinajstić information content (AvgIpc) is 2.45. The molecule has 0 saturated heterocycles. The van der Waals surface area contributed by atoms with Gasteiger partial charge in [-0.1, -0.05) is 29.8 Å². The van der Waals surface area contributed by atoms with E-state index in [1.807, 2.05) is 0 Å². The molecule has 0 bridgehead atoms. The number of carboxylic acid groups (broad SMARTS) is 1. The Kier molecular flexibility index (Phi) is 4.80. The van der Waals surface area contributed by atoms with Crippen LogP contribution in [0.25, 0.3) is 0 Å². The number of aromatic carboxylic acids is 1. The quantitative estimate of drug-likeness (QED) is 0.888. The zero-order valence-corrected chi connectivity index (χ0v) is 12.6.